The molecule has 8 nitrogen and oxygen atoms in total. The highest BCUT2D eigenvalue weighted by molar-refractivity contribution is 8.00. The van der Waals surface area contributed by atoms with Crippen molar-refractivity contribution in [3.63, 3.8) is 0 Å². The third kappa shape index (κ3) is 5.59. The van der Waals surface area contributed by atoms with E-state index in [2.05, 4.69) is 21.4 Å². The Bertz CT molecular complexity index is 1230. The van der Waals surface area contributed by atoms with Crippen LogP contribution >= 0.6 is 11.8 Å². The topological polar surface area (TPSA) is 116 Å². The van der Waals surface area contributed by atoms with E-state index in [0.717, 1.165) is 44.3 Å². The van der Waals surface area contributed by atoms with Crippen LogP contribution < -0.4 is 5.32 Å². The Morgan fingerprint density at radius 3 is 2.53 bits per heavy atom. The Morgan fingerprint density at radius 2 is 1.88 bits per heavy atom. The maximum atomic E-state index is 13.3. The molecule has 10 heteroatoms. The van der Waals surface area contributed by atoms with Crippen LogP contribution in [0.1, 0.15) is 67.1 Å². The second kappa shape index (κ2) is 10.4. The number of hydrogen-bond acceptors (Lipinski definition) is 7. The van der Waals surface area contributed by atoms with Crippen LogP contribution in [0.15, 0.2) is 28.1 Å². The Balaban J connectivity index is 1.47. The maximum absolute atomic E-state index is 13.3. The molecule has 1 saturated carbocycles. The number of carbonyl (C=O) groups excluding carboxylic acids is 1. The van der Waals surface area contributed by atoms with Gasteiger partial charge >= 0.3 is 0 Å². The summed E-state index contributed by atoms with van der Waals surface area (Å²) < 4.78 is 28.1. The number of nitrogens with one attached hydrogen (secondary N) is 1. The fourth-order valence-electron chi connectivity index (χ4n) is 4.03. The molecule has 1 aromatic heterocycles. The summed E-state index contributed by atoms with van der Waals surface area (Å²) >= 11 is 1.20. The lowest BCUT2D eigenvalue weighted by molar-refractivity contribution is -0.113. The second-order valence-corrected chi connectivity index (χ2v) is 11.7. The fourth-order valence-corrected chi connectivity index (χ4v) is 6.64. The number of amides is 1. The largest absolute Gasteiger partial charge is 0.325 e. The average molecular weight is 500 g/mol. The molecule has 2 heterocycles. The van der Waals surface area contributed by atoms with Gasteiger partial charge in [-0.25, -0.2) is 18.4 Å². The van der Waals surface area contributed by atoms with Gasteiger partial charge < -0.3 is 5.32 Å². The van der Waals surface area contributed by atoms with Gasteiger partial charge in [0.25, 0.3) is 0 Å². The van der Waals surface area contributed by atoms with Crippen LogP contribution in [0.3, 0.4) is 0 Å². The van der Waals surface area contributed by atoms with Crippen LogP contribution in [-0.2, 0) is 14.8 Å². The smallest absolute Gasteiger partial charge is 0.243 e. The molecule has 4 rings (SSSR count). The van der Waals surface area contributed by atoms with Crippen molar-refractivity contribution in [3.8, 4) is 6.07 Å². The molecule has 0 radical (unpaired) electrons. The van der Waals surface area contributed by atoms with Gasteiger partial charge in [0.2, 0.25) is 15.9 Å². The first-order chi connectivity index (χ1) is 16.3. The maximum Gasteiger partial charge on any atom is 0.243 e. The molecule has 0 atom stereocenters. The van der Waals surface area contributed by atoms with Gasteiger partial charge in [-0.1, -0.05) is 30.7 Å². The van der Waals surface area contributed by atoms with Crippen molar-refractivity contribution in [2.24, 2.45) is 0 Å². The number of aryl methyl sites for hydroxylation is 2. The molecule has 1 N–H and O–H groups in total. The Kier molecular flexibility index (Phi) is 7.55. The molecule has 1 amide bonds. The van der Waals surface area contributed by atoms with E-state index < -0.39 is 10.0 Å². The van der Waals surface area contributed by atoms with E-state index in [1.54, 1.807) is 36.4 Å². The predicted octanol–water partition coefficient (Wildman–Crippen LogP) is 4.14. The highest BCUT2D eigenvalue weighted by atomic mass is 32.2. The highest BCUT2D eigenvalue weighted by Crippen LogP contribution is 2.39. The molecule has 180 valence electrons. The molecule has 1 saturated heterocycles. The number of anilines is 1. The second-order valence-electron chi connectivity index (χ2n) is 8.87. The predicted molar refractivity (Wildman–Crippen MR) is 131 cm³/mol. The summed E-state index contributed by atoms with van der Waals surface area (Å²) in [5, 5.41) is 12.8. The van der Waals surface area contributed by atoms with Crippen LogP contribution in [0, 0.1) is 25.2 Å². The van der Waals surface area contributed by atoms with Gasteiger partial charge in [-0.05, 0) is 57.2 Å². The quantitative estimate of drug-likeness (QED) is 0.449. The van der Waals surface area contributed by atoms with Gasteiger partial charge in [-0.15, -0.1) is 0 Å². The van der Waals surface area contributed by atoms with Crippen LogP contribution in [0.4, 0.5) is 5.69 Å². The van der Waals surface area contributed by atoms with Gasteiger partial charge in [-0.2, -0.15) is 9.57 Å². The van der Waals surface area contributed by atoms with E-state index in [0.29, 0.717) is 46.5 Å². The van der Waals surface area contributed by atoms with Gasteiger partial charge in [-0.3, -0.25) is 4.79 Å². The molecule has 2 fully saturated rings. The summed E-state index contributed by atoms with van der Waals surface area (Å²) in [6.45, 7) is 4.61. The lowest BCUT2D eigenvalue weighted by atomic mass is 10.2. The van der Waals surface area contributed by atoms with E-state index in [1.807, 2.05) is 0 Å². The summed E-state index contributed by atoms with van der Waals surface area (Å²) in [5.74, 6) is 0.843. The number of nitrogens with zero attached hydrogens (tertiary/aromatic N) is 4. The molecule has 0 unspecified atom stereocenters. The summed E-state index contributed by atoms with van der Waals surface area (Å²) in [5.41, 5.74) is 2.11. The zero-order chi connectivity index (χ0) is 24.3. The number of thioether (sulfide) groups is 1. The molecule has 34 heavy (non-hydrogen) atoms. The number of sulfonamides is 1. The zero-order valence-corrected chi connectivity index (χ0v) is 21.1. The third-order valence-electron chi connectivity index (χ3n) is 6.12. The van der Waals surface area contributed by atoms with Gasteiger partial charge in [0.05, 0.1) is 16.3 Å². The van der Waals surface area contributed by atoms with Crippen molar-refractivity contribution in [2.45, 2.75) is 68.2 Å². The Morgan fingerprint density at radius 1 is 1.18 bits per heavy atom. The minimum Gasteiger partial charge on any atom is -0.325 e. The molecule has 1 aliphatic heterocycles. The number of hydrogen-bond donors (Lipinski definition) is 1. The van der Waals surface area contributed by atoms with E-state index in [1.165, 1.54) is 11.8 Å². The lowest BCUT2D eigenvalue weighted by Gasteiger charge is -2.21. The fraction of sp³-hybridized carbons (Fsp3) is 0.500. The molecule has 2 aromatic rings. The SMILES string of the molecule is Cc1ccc(NC(=O)CSc2nc(C3CC3)nc(C)c2C#N)cc1S(=O)(=O)N1CCCCCC1. The molecular formula is C24H29N5O3S2. The number of nitriles is 1. The van der Waals surface area contributed by atoms with Gasteiger partial charge in [0, 0.05) is 24.7 Å². The van der Waals surface area contributed by atoms with Crippen LogP contribution in [-0.4, -0.2) is 47.4 Å². The van der Waals surface area contributed by atoms with E-state index >= 15 is 0 Å². The number of benzene rings is 1. The van der Waals surface area contributed by atoms with E-state index in [4.69, 9.17) is 0 Å². The van der Waals surface area contributed by atoms with Crippen LogP contribution in [0.5, 0.6) is 0 Å². The van der Waals surface area contributed by atoms with Crippen molar-refractivity contribution < 1.29 is 13.2 Å². The van der Waals surface area contributed by atoms with Gasteiger partial charge in [0.15, 0.2) is 0 Å². The molecular weight excluding hydrogens is 470 g/mol. The third-order valence-corrected chi connectivity index (χ3v) is 9.14. The van der Waals surface area contributed by atoms with Crippen molar-refractivity contribution in [1.82, 2.24) is 14.3 Å². The molecule has 0 spiro atoms. The van der Waals surface area contributed by atoms with Crippen molar-refractivity contribution in [2.75, 3.05) is 24.2 Å². The van der Waals surface area contributed by atoms with Crippen LogP contribution in [0.2, 0.25) is 0 Å². The Hall–Kier alpha value is -2.48. The number of rotatable bonds is 7. The zero-order valence-electron chi connectivity index (χ0n) is 19.5. The summed E-state index contributed by atoms with van der Waals surface area (Å²) in [6, 6.07) is 7.11. The first-order valence-corrected chi connectivity index (χ1v) is 14.0. The lowest BCUT2D eigenvalue weighted by Crippen LogP contribution is -2.32. The first kappa shape index (κ1) is 24.6. The minimum absolute atomic E-state index is 0.0529. The van der Waals surface area contributed by atoms with Crippen molar-refractivity contribution in [1.29, 1.82) is 5.26 Å². The van der Waals surface area contributed by atoms with Crippen LogP contribution in [0.25, 0.3) is 0 Å². The van der Waals surface area contributed by atoms with Crippen molar-refractivity contribution >= 4 is 33.4 Å². The van der Waals surface area contributed by atoms with Crippen molar-refractivity contribution in [3.05, 3.63) is 40.8 Å². The molecule has 2 aliphatic rings. The van der Waals surface area contributed by atoms with E-state index in [9.17, 15) is 18.5 Å². The monoisotopic (exact) mass is 499 g/mol. The molecule has 1 aromatic carbocycles. The van der Waals surface area contributed by atoms with Gasteiger partial charge in [0.1, 0.15) is 22.5 Å². The number of aromatic nitrogens is 2. The minimum atomic E-state index is -3.63. The first-order valence-electron chi connectivity index (χ1n) is 11.6. The van der Waals surface area contributed by atoms with E-state index in [-0.39, 0.29) is 16.6 Å². The summed E-state index contributed by atoms with van der Waals surface area (Å²) in [6.07, 6.45) is 5.90. The molecule has 1 aliphatic carbocycles. The Labute approximate surface area is 205 Å². The summed E-state index contributed by atoms with van der Waals surface area (Å²) in [7, 11) is -3.63. The average Bonchev–Trinajstić information content (AvgIpc) is 3.65. The normalized spacial score (nSPS) is 17.1. The number of carbonyl (C=O) groups is 1. The highest BCUT2D eigenvalue weighted by Gasteiger charge is 2.29. The standard InChI is InChI=1S/C24H29N5O3S2/c1-16-7-10-19(13-21(16)34(31,32)29-11-5-3-4-6-12-29)27-22(30)15-33-24-20(14-25)17(2)26-23(28-24)18-8-9-18/h7,10,13,18H,3-6,8-9,11-12,15H2,1-2H3,(H,27,30). The summed E-state index contributed by atoms with van der Waals surface area (Å²) in [4.78, 5) is 21.9. The molecule has 0 bridgehead atoms.